The molecule has 2 rings (SSSR count). The van der Waals surface area contributed by atoms with Gasteiger partial charge in [0.15, 0.2) is 0 Å². The molecule has 5 nitrogen and oxygen atoms in total. The fourth-order valence-corrected chi connectivity index (χ4v) is 2.38. The van der Waals surface area contributed by atoms with Gasteiger partial charge in [0.2, 0.25) is 0 Å². The van der Waals surface area contributed by atoms with Crippen LogP contribution >= 0.6 is 0 Å². The number of alkyl halides is 3. The van der Waals surface area contributed by atoms with Gasteiger partial charge in [0.25, 0.3) is 11.5 Å². The predicted octanol–water partition coefficient (Wildman–Crippen LogP) is 1.28. The molecule has 0 saturated heterocycles. The number of aliphatic hydroxyl groups is 1. The van der Waals surface area contributed by atoms with Crippen molar-refractivity contribution in [2.75, 3.05) is 6.54 Å². The predicted molar refractivity (Wildman–Crippen MR) is 67.7 cm³/mol. The highest BCUT2D eigenvalue weighted by molar-refractivity contribution is 5.93. The van der Waals surface area contributed by atoms with E-state index in [1.165, 1.54) is 0 Å². The lowest BCUT2D eigenvalue weighted by Gasteiger charge is -2.11. The lowest BCUT2D eigenvalue weighted by atomic mass is 10.1. The van der Waals surface area contributed by atoms with Crippen molar-refractivity contribution < 1.29 is 23.1 Å². The lowest BCUT2D eigenvalue weighted by molar-refractivity contribution is -0.141. The molecule has 8 heteroatoms. The molecule has 0 spiro atoms. The molecule has 2 unspecified atom stereocenters. The van der Waals surface area contributed by atoms with Crippen molar-refractivity contribution in [3.63, 3.8) is 0 Å². The molecule has 1 amide bonds. The molecule has 21 heavy (non-hydrogen) atoms. The average Bonchev–Trinajstić information content (AvgIpc) is 2.80. The number of aliphatic hydroxyl groups excluding tert-OH is 1. The van der Waals surface area contributed by atoms with E-state index in [0.717, 1.165) is 12.5 Å². The van der Waals surface area contributed by atoms with Crippen LogP contribution in [-0.2, 0) is 6.18 Å². The van der Waals surface area contributed by atoms with Crippen molar-refractivity contribution in [2.24, 2.45) is 5.92 Å². The Hall–Kier alpha value is -1.83. The van der Waals surface area contributed by atoms with Gasteiger partial charge < -0.3 is 15.4 Å². The van der Waals surface area contributed by atoms with Crippen LogP contribution in [0, 0.1) is 5.92 Å². The van der Waals surface area contributed by atoms with Crippen molar-refractivity contribution in [1.82, 2.24) is 10.3 Å². The van der Waals surface area contributed by atoms with Gasteiger partial charge in [-0.25, -0.2) is 0 Å². The van der Waals surface area contributed by atoms with Crippen LogP contribution in [0.3, 0.4) is 0 Å². The fraction of sp³-hybridized carbons (Fsp3) is 0.538. The first-order chi connectivity index (χ1) is 9.77. The number of aromatic nitrogens is 1. The molecule has 0 aliphatic heterocycles. The largest absolute Gasteiger partial charge is 0.431 e. The van der Waals surface area contributed by atoms with E-state index in [4.69, 9.17) is 0 Å². The number of aromatic amines is 1. The first kappa shape index (κ1) is 15.6. The summed E-state index contributed by atoms with van der Waals surface area (Å²) >= 11 is 0. The monoisotopic (exact) mass is 304 g/mol. The van der Waals surface area contributed by atoms with Crippen LogP contribution in [0.5, 0.6) is 0 Å². The molecule has 1 aromatic rings. The third-order valence-corrected chi connectivity index (χ3v) is 3.52. The van der Waals surface area contributed by atoms with Crippen LogP contribution in [0.2, 0.25) is 0 Å². The number of carbonyl (C=O) groups excluding carboxylic acids is 1. The summed E-state index contributed by atoms with van der Waals surface area (Å²) in [6.45, 7) is 0.288. The van der Waals surface area contributed by atoms with E-state index in [1.54, 1.807) is 4.98 Å². The summed E-state index contributed by atoms with van der Waals surface area (Å²) in [5.74, 6) is -0.594. The molecule has 1 aliphatic carbocycles. The van der Waals surface area contributed by atoms with E-state index in [-0.39, 0.29) is 24.1 Å². The minimum absolute atomic E-state index is 0.123. The van der Waals surface area contributed by atoms with Crippen LogP contribution < -0.4 is 10.9 Å². The first-order valence-electron chi connectivity index (χ1n) is 6.54. The molecule has 0 radical (unpaired) electrons. The maximum Gasteiger partial charge on any atom is 0.431 e. The van der Waals surface area contributed by atoms with Crippen LogP contribution in [0.4, 0.5) is 13.2 Å². The van der Waals surface area contributed by atoms with Crippen molar-refractivity contribution >= 4 is 5.91 Å². The van der Waals surface area contributed by atoms with Gasteiger partial charge in [0, 0.05) is 6.54 Å². The van der Waals surface area contributed by atoms with E-state index in [2.05, 4.69) is 5.32 Å². The Bertz CT molecular complexity index is 583. The maximum atomic E-state index is 12.4. The van der Waals surface area contributed by atoms with Gasteiger partial charge in [-0.15, -0.1) is 0 Å². The number of H-pyrrole nitrogens is 1. The maximum absolute atomic E-state index is 12.4. The van der Waals surface area contributed by atoms with Crippen molar-refractivity contribution in [3.8, 4) is 0 Å². The summed E-state index contributed by atoms with van der Waals surface area (Å²) in [7, 11) is 0. The average molecular weight is 304 g/mol. The molecule has 0 aromatic carbocycles. The molecule has 1 fully saturated rings. The van der Waals surface area contributed by atoms with Gasteiger partial charge in [0.05, 0.1) is 6.10 Å². The van der Waals surface area contributed by atoms with E-state index in [0.29, 0.717) is 18.9 Å². The SMILES string of the molecule is O=C(NCC1CCC(O)C1)c1ccc(C(F)(F)F)[nH]c1=O. The van der Waals surface area contributed by atoms with E-state index in [9.17, 15) is 27.9 Å². The third kappa shape index (κ3) is 3.84. The van der Waals surface area contributed by atoms with Crippen LogP contribution in [0.1, 0.15) is 35.3 Å². The molecule has 1 heterocycles. The fourth-order valence-electron chi connectivity index (χ4n) is 2.38. The molecule has 1 saturated carbocycles. The molecular formula is C13H15F3N2O3. The van der Waals surface area contributed by atoms with Crippen LogP contribution in [-0.4, -0.2) is 28.6 Å². The second-order valence-corrected chi connectivity index (χ2v) is 5.16. The second-order valence-electron chi connectivity index (χ2n) is 5.16. The molecular weight excluding hydrogens is 289 g/mol. The molecule has 1 aliphatic rings. The summed E-state index contributed by atoms with van der Waals surface area (Å²) in [5, 5.41) is 11.9. The summed E-state index contributed by atoms with van der Waals surface area (Å²) in [5.41, 5.74) is -2.63. The third-order valence-electron chi connectivity index (χ3n) is 3.52. The zero-order valence-corrected chi connectivity index (χ0v) is 11.0. The number of nitrogens with one attached hydrogen (secondary N) is 2. The Morgan fingerprint density at radius 1 is 1.38 bits per heavy atom. The highest BCUT2D eigenvalue weighted by atomic mass is 19.4. The van der Waals surface area contributed by atoms with Crippen LogP contribution in [0.25, 0.3) is 0 Å². The number of pyridine rings is 1. The quantitative estimate of drug-likeness (QED) is 0.787. The summed E-state index contributed by atoms with van der Waals surface area (Å²) in [6, 6.07) is 1.52. The Balaban J connectivity index is 2.01. The Labute approximate surface area is 118 Å². The number of amides is 1. The van der Waals surface area contributed by atoms with Crippen LogP contribution in [0.15, 0.2) is 16.9 Å². The smallest absolute Gasteiger partial charge is 0.393 e. The van der Waals surface area contributed by atoms with Gasteiger partial charge >= 0.3 is 6.18 Å². The van der Waals surface area contributed by atoms with Crippen molar-refractivity contribution in [1.29, 1.82) is 0 Å². The standard InChI is InChI=1S/C13H15F3N2O3/c14-13(15,16)10-4-3-9(12(21)18-10)11(20)17-6-7-1-2-8(19)5-7/h3-4,7-8,19H,1-2,5-6H2,(H,17,20)(H,18,21). The Morgan fingerprint density at radius 3 is 2.62 bits per heavy atom. The van der Waals surface area contributed by atoms with Gasteiger partial charge in [-0.3, -0.25) is 9.59 Å². The number of rotatable bonds is 3. The molecule has 0 bridgehead atoms. The van der Waals surface area contributed by atoms with E-state index >= 15 is 0 Å². The molecule has 1 aromatic heterocycles. The normalized spacial score (nSPS) is 22.3. The number of hydrogen-bond acceptors (Lipinski definition) is 3. The van der Waals surface area contributed by atoms with Gasteiger partial charge in [-0.1, -0.05) is 0 Å². The summed E-state index contributed by atoms with van der Waals surface area (Å²) in [6.07, 6.45) is -3.02. The molecule has 2 atom stereocenters. The minimum atomic E-state index is -4.66. The topological polar surface area (TPSA) is 82.2 Å². The Kier molecular flexibility index (Phi) is 4.36. The van der Waals surface area contributed by atoms with Crippen molar-refractivity contribution in [2.45, 2.75) is 31.5 Å². The summed E-state index contributed by atoms with van der Waals surface area (Å²) < 4.78 is 37.2. The van der Waals surface area contributed by atoms with E-state index < -0.39 is 23.3 Å². The van der Waals surface area contributed by atoms with E-state index in [1.807, 2.05) is 0 Å². The first-order valence-corrected chi connectivity index (χ1v) is 6.54. The summed E-state index contributed by atoms with van der Waals surface area (Å²) in [4.78, 5) is 25.0. The number of hydrogen-bond donors (Lipinski definition) is 3. The van der Waals surface area contributed by atoms with Gasteiger partial charge in [-0.05, 0) is 37.3 Å². The highest BCUT2D eigenvalue weighted by Crippen LogP contribution is 2.26. The Morgan fingerprint density at radius 2 is 2.10 bits per heavy atom. The van der Waals surface area contributed by atoms with Crippen molar-refractivity contribution in [3.05, 3.63) is 33.7 Å². The number of halogens is 3. The van der Waals surface area contributed by atoms with Gasteiger partial charge in [-0.2, -0.15) is 13.2 Å². The molecule has 3 N–H and O–H groups in total. The molecule has 116 valence electrons. The zero-order chi connectivity index (χ0) is 15.6. The van der Waals surface area contributed by atoms with Gasteiger partial charge in [0.1, 0.15) is 11.3 Å². The highest BCUT2D eigenvalue weighted by Gasteiger charge is 2.32. The second kappa shape index (κ2) is 5.88. The zero-order valence-electron chi connectivity index (χ0n) is 11.0. The lowest BCUT2D eigenvalue weighted by Crippen LogP contribution is -2.33. The minimum Gasteiger partial charge on any atom is -0.393 e. The number of carbonyl (C=O) groups is 1.